The molecule has 0 aliphatic carbocycles. The summed E-state index contributed by atoms with van der Waals surface area (Å²) in [5.41, 5.74) is 0. The monoisotopic (exact) mass is 252 g/mol. The molecule has 96 valence electrons. The fourth-order valence-corrected chi connectivity index (χ4v) is 2.24. The number of rotatable bonds is 9. The number of aliphatic carboxylic acids is 1. The number of carboxylic acid groups (broad SMARTS) is 1. The van der Waals surface area contributed by atoms with Crippen LogP contribution in [0.5, 0.6) is 0 Å². The number of hydrogen-bond donors (Lipinski definition) is 2. The number of carbonyl (C=O) groups is 1. The van der Waals surface area contributed by atoms with Gasteiger partial charge in [0.2, 0.25) is 10.0 Å². The maximum Gasteiger partial charge on any atom is 0.216 e. The van der Waals surface area contributed by atoms with Gasteiger partial charge in [-0.2, -0.15) is 0 Å². The zero-order chi connectivity index (χ0) is 12.6. The summed E-state index contributed by atoms with van der Waals surface area (Å²) in [7, 11) is -3.71. The van der Waals surface area contributed by atoms with Crippen LogP contribution in [0.15, 0.2) is 0 Å². The molecule has 0 aliphatic rings. The highest BCUT2D eigenvalue weighted by Crippen LogP contribution is 1.83. The fourth-order valence-electron chi connectivity index (χ4n) is 1.38. The highest BCUT2D eigenvalue weighted by atomic mass is 32.2. The van der Waals surface area contributed by atoms with Crippen molar-refractivity contribution in [3.8, 4) is 0 Å². The Hall–Kier alpha value is -0.660. The van der Waals surface area contributed by atoms with Crippen LogP contribution in [-0.2, 0) is 14.8 Å². The third-order valence-electron chi connectivity index (χ3n) is 2.34. The molecule has 0 unspecified atom stereocenters. The quantitative estimate of drug-likeness (QED) is 0.427. The molecule has 0 fully saturated rings. The van der Waals surface area contributed by atoms with Crippen molar-refractivity contribution in [2.75, 3.05) is 31.9 Å². The Morgan fingerprint density at radius 2 is 1.88 bits per heavy atom. The average molecular weight is 252 g/mol. The Kier molecular flexibility index (Phi) is 7.27. The summed E-state index contributed by atoms with van der Waals surface area (Å²) in [6.07, 6.45) is 0.698. The van der Waals surface area contributed by atoms with Gasteiger partial charge in [0, 0.05) is 13.0 Å². The molecule has 0 bridgehead atoms. The smallest absolute Gasteiger partial charge is 0.216 e. The third-order valence-corrected chi connectivity index (χ3v) is 3.60. The molecule has 0 atom stereocenters. The largest absolute Gasteiger partial charge is 0.549 e. The van der Waals surface area contributed by atoms with Crippen molar-refractivity contribution in [2.24, 2.45) is 0 Å². The summed E-state index contributed by atoms with van der Waals surface area (Å²) in [6, 6.07) is 0. The molecule has 0 aromatic rings. The Balaban J connectivity index is 3.77. The molecular formula is C9H20N2O4S. The normalized spacial score (nSPS) is 11.9. The van der Waals surface area contributed by atoms with E-state index in [1.807, 2.05) is 0 Å². The summed E-state index contributed by atoms with van der Waals surface area (Å²) in [5.74, 6) is -2.55. The van der Waals surface area contributed by atoms with Crippen molar-refractivity contribution in [3.05, 3.63) is 0 Å². The Bertz CT molecular complexity index is 299. The van der Waals surface area contributed by atoms with E-state index in [2.05, 4.69) is 18.6 Å². The van der Waals surface area contributed by atoms with Crippen LogP contribution < -0.4 is 14.7 Å². The molecule has 2 N–H and O–H groups in total. The van der Waals surface area contributed by atoms with Gasteiger partial charge in [-0.1, -0.05) is 0 Å². The Labute approximate surface area is 96.7 Å². The van der Waals surface area contributed by atoms with Gasteiger partial charge in [0.1, 0.15) is 5.75 Å². The summed E-state index contributed by atoms with van der Waals surface area (Å²) >= 11 is 0. The number of quaternary nitrogens is 1. The van der Waals surface area contributed by atoms with Gasteiger partial charge in [-0.05, 0) is 13.8 Å². The van der Waals surface area contributed by atoms with E-state index in [0.29, 0.717) is 6.42 Å². The minimum Gasteiger partial charge on any atom is -0.549 e. The standard InChI is InChI=1S/C9H20N2O4S/c1-3-11(4-2)7-5-6-10-16(14,15)8-9(12)13/h10H,3-8H2,1-2H3,(H,12,13). The molecular weight excluding hydrogens is 232 g/mol. The van der Waals surface area contributed by atoms with Gasteiger partial charge in [-0.3, -0.25) is 0 Å². The van der Waals surface area contributed by atoms with Crippen molar-refractivity contribution in [1.29, 1.82) is 0 Å². The second-order valence-corrected chi connectivity index (χ2v) is 5.39. The van der Waals surface area contributed by atoms with Gasteiger partial charge in [0.15, 0.2) is 0 Å². The molecule has 0 radical (unpaired) electrons. The fraction of sp³-hybridized carbons (Fsp3) is 0.889. The van der Waals surface area contributed by atoms with Crippen LogP contribution in [0.25, 0.3) is 0 Å². The van der Waals surface area contributed by atoms with Crippen molar-refractivity contribution in [2.45, 2.75) is 20.3 Å². The molecule has 0 aromatic carbocycles. The summed E-state index contributed by atoms with van der Waals surface area (Å²) in [6.45, 7) is 7.29. The van der Waals surface area contributed by atoms with Crippen LogP contribution in [0.3, 0.4) is 0 Å². The second-order valence-electron chi connectivity index (χ2n) is 3.59. The number of carboxylic acids is 1. The molecule has 0 saturated carbocycles. The molecule has 16 heavy (non-hydrogen) atoms. The minimum absolute atomic E-state index is 0.277. The predicted molar refractivity (Wildman–Crippen MR) is 58.3 cm³/mol. The Morgan fingerprint density at radius 1 is 1.31 bits per heavy atom. The number of nitrogens with one attached hydrogen (secondary N) is 2. The highest BCUT2D eigenvalue weighted by molar-refractivity contribution is 7.90. The second kappa shape index (κ2) is 7.59. The Morgan fingerprint density at radius 3 is 2.31 bits per heavy atom. The first-order valence-corrected chi connectivity index (χ1v) is 7.07. The van der Waals surface area contributed by atoms with Crippen molar-refractivity contribution in [1.82, 2.24) is 4.72 Å². The summed E-state index contributed by atoms with van der Waals surface area (Å²) in [5, 5.41) is 10.1. The molecule has 0 heterocycles. The lowest BCUT2D eigenvalue weighted by Crippen LogP contribution is -3.11. The zero-order valence-electron chi connectivity index (χ0n) is 9.78. The van der Waals surface area contributed by atoms with Crippen LogP contribution in [-0.4, -0.2) is 46.3 Å². The first-order chi connectivity index (χ1) is 7.41. The van der Waals surface area contributed by atoms with Crippen molar-refractivity contribution < 1.29 is 23.2 Å². The molecule has 0 aliphatic heterocycles. The molecule has 0 rings (SSSR count). The zero-order valence-corrected chi connectivity index (χ0v) is 10.6. The van der Waals surface area contributed by atoms with Crippen LogP contribution >= 0.6 is 0 Å². The van der Waals surface area contributed by atoms with E-state index < -0.39 is 21.7 Å². The van der Waals surface area contributed by atoms with Crippen LogP contribution in [0.1, 0.15) is 20.3 Å². The topological polar surface area (TPSA) is 90.7 Å². The molecule has 0 amide bonds. The van der Waals surface area contributed by atoms with Crippen LogP contribution in [0.2, 0.25) is 0 Å². The molecule has 0 saturated heterocycles. The van der Waals surface area contributed by atoms with E-state index >= 15 is 0 Å². The first kappa shape index (κ1) is 15.3. The van der Waals surface area contributed by atoms with E-state index in [0.717, 1.165) is 19.6 Å². The van der Waals surface area contributed by atoms with E-state index in [4.69, 9.17) is 0 Å². The van der Waals surface area contributed by atoms with Crippen LogP contribution in [0.4, 0.5) is 0 Å². The lowest BCUT2D eigenvalue weighted by molar-refractivity contribution is -0.896. The summed E-state index contributed by atoms with van der Waals surface area (Å²) in [4.78, 5) is 11.5. The number of hydrogen-bond acceptors (Lipinski definition) is 4. The van der Waals surface area contributed by atoms with Gasteiger partial charge >= 0.3 is 0 Å². The van der Waals surface area contributed by atoms with Crippen molar-refractivity contribution >= 4 is 16.0 Å². The van der Waals surface area contributed by atoms with E-state index in [9.17, 15) is 18.3 Å². The van der Waals surface area contributed by atoms with Gasteiger partial charge in [0.05, 0.1) is 25.6 Å². The highest BCUT2D eigenvalue weighted by Gasteiger charge is 2.10. The average Bonchev–Trinajstić information content (AvgIpc) is 2.16. The maximum atomic E-state index is 11.1. The van der Waals surface area contributed by atoms with E-state index in [1.165, 1.54) is 4.90 Å². The number of carbonyl (C=O) groups excluding carboxylic acids is 1. The lowest BCUT2D eigenvalue weighted by atomic mass is 10.4. The van der Waals surface area contributed by atoms with E-state index in [-0.39, 0.29) is 6.54 Å². The molecule has 6 nitrogen and oxygen atoms in total. The predicted octanol–water partition coefficient (Wildman–Crippen LogP) is -3.03. The molecule has 0 aromatic heterocycles. The van der Waals surface area contributed by atoms with Crippen LogP contribution in [0, 0.1) is 0 Å². The van der Waals surface area contributed by atoms with Crippen molar-refractivity contribution in [3.63, 3.8) is 0 Å². The number of sulfonamides is 1. The molecule has 0 spiro atoms. The van der Waals surface area contributed by atoms with Gasteiger partial charge < -0.3 is 14.8 Å². The summed E-state index contributed by atoms with van der Waals surface area (Å²) < 4.78 is 24.4. The first-order valence-electron chi connectivity index (χ1n) is 5.42. The lowest BCUT2D eigenvalue weighted by Gasteiger charge is -2.15. The molecule has 7 heteroatoms. The SMILES string of the molecule is CC[NH+](CC)CCCNS(=O)(=O)CC(=O)[O-]. The minimum atomic E-state index is -3.71. The van der Waals surface area contributed by atoms with Gasteiger partial charge in [-0.15, -0.1) is 0 Å². The van der Waals surface area contributed by atoms with E-state index in [1.54, 1.807) is 0 Å². The maximum absolute atomic E-state index is 11.1. The third kappa shape index (κ3) is 7.61. The van der Waals surface area contributed by atoms with Gasteiger partial charge in [-0.25, -0.2) is 13.1 Å². The van der Waals surface area contributed by atoms with Gasteiger partial charge in [0.25, 0.3) is 0 Å².